The van der Waals surface area contributed by atoms with Crippen molar-refractivity contribution in [1.82, 2.24) is 14.8 Å². The van der Waals surface area contributed by atoms with Crippen molar-refractivity contribution >= 4 is 22.1 Å². The van der Waals surface area contributed by atoms with Gasteiger partial charge in [0, 0.05) is 12.0 Å². The van der Waals surface area contributed by atoms with Crippen LogP contribution in [0.5, 0.6) is 0 Å². The number of hydrogen-bond acceptors (Lipinski definition) is 4. The highest BCUT2D eigenvalue weighted by atomic mass is 32.2. The van der Waals surface area contributed by atoms with E-state index >= 15 is 0 Å². The summed E-state index contributed by atoms with van der Waals surface area (Å²) in [7, 11) is -2.88. The molecule has 24 heavy (non-hydrogen) atoms. The normalized spacial score (nSPS) is 21.0. The van der Waals surface area contributed by atoms with Crippen molar-refractivity contribution in [2.24, 2.45) is 0 Å². The molecule has 2 N–H and O–H groups in total. The summed E-state index contributed by atoms with van der Waals surface area (Å²) in [4.78, 5) is 5.66. The van der Waals surface area contributed by atoms with Crippen LogP contribution in [0.3, 0.4) is 0 Å². The van der Waals surface area contributed by atoms with Crippen LogP contribution in [-0.4, -0.2) is 47.3 Å². The lowest BCUT2D eigenvalue weighted by Gasteiger charge is -2.23. The molecule has 1 aliphatic heterocycles. The van der Waals surface area contributed by atoms with Crippen LogP contribution in [0.2, 0.25) is 0 Å². The predicted molar refractivity (Wildman–Crippen MR) is 96.1 cm³/mol. The number of aromatic nitrogens is 3. The Morgan fingerprint density at radius 2 is 2.08 bits per heavy atom. The van der Waals surface area contributed by atoms with Crippen molar-refractivity contribution in [3.63, 3.8) is 0 Å². The molecule has 1 unspecified atom stereocenters. The van der Waals surface area contributed by atoms with E-state index in [4.69, 9.17) is 12.2 Å². The summed E-state index contributed by atoms with van der Waals surface area (Å²) in [6, 6.07) is 8.24. The van der Waals surface area contributed by atoms with Gasteiger partial charge in [0.05, 0.1) is 12.3 Å². The third-order valence-electron chi connectivity index (χ3n) is 4.63. The van der Waals surface area contributed by atoms with E-state index < -0.39 is 9.84 Å². The van der Waals surface area contributed by atoms with Crippen LogP contribution >= 0.6 is 12.2 Å². The number of aryl methyl sites for hydroxylation is 1. The molecule has 0 saturated carbocycles. The summed E-state index contributed by atoms with van der Waals surface area (Å²) in [6.45, 7) is 5.57. The van der Waals surface area contributed by atoms with Gasteiger partial charge in [-0.05, 0) is 26.1 Å². The number of hydrogen-bond donors (Lipinski definition) is 2. The van der Waals surface area contributed by atoms with Gasteiger partial charge >= 0.3 is 0 Å². The zero-order valence-electron chi connectivity index (χ0n) is 13.9. The van der Waals surface area contributed by atoms with Crippen molar-refractivity contribution in [3.05, 3.63) is 34.6 Å². The maximum absolute atomic E-state index is 11.7. The Kier molecular flexibility index (Phi) is 4.89. The van der Waals surface area contributed by atoms with E-state index in [0.29, 0.717) is 17.2 Å². The molecule has 1 aromatic heterocycles. The minimum absolute atomic E-state index is 0.132. The smallest absolute Gasteiger partial charge is 0.221 e. The van der Waals surface area contributed by atoms with E-state index in [1.807, 2.05) is 35.9 Å². The summed E-state index contributed by atoms with van der Waals surface area (Å²) in [5.74, 6) is 1.31. The molecule has 0 radical (unpaired) electrons. The molecule has 2 heterocycles. The molecule has 6 nitrogen and oxygen atoms in total. The summed E-state index contributed by atoms with van der Waals surface area (Å²) in [5, 5.41) is 3.26. The second kappa shape index (κ2) is 6.78. The molecule has 0 aliphatic carbocycles. The Bertz CT molecular complexity index is 868. The van der Waals surface area contributed by atoms with Crippen LogP contribution in [0, 0.1) is 11.7 Å². The first-order valence-electron chi connectivity index (χ1n) is 8.17. The molecule has 130 valence electrons. The molecule has 1 saturated heterocycles. The molecule has 0 amide bonds. The van der Waals surface area contributed by atoms with Gasteiger partial charge in [0.1, 0.15) is 11.8 Å². The van der Waals surface area contributed by atoms with Crippen LogP contribution in [0.1, 0.15) is 18.9 Å². The fourth-order valence-electron chi connectivity index (χ4n) is 3.15. The zero-order valence-corrected chi connectivity index (χ0v) is 15.6. The number of nitrogens with one attached hydrogen (secondary N) is 2. The average molecular weight is 368 g/mol. The molecule has 2 aromatic rings. The first-order chi connectivity index (χ1) is 11.4. The zero-order chi connectivity index (χ0) is 17.3. The van der Waals surface area contributed by atoms with Gasteiger partial charge in [-0.3, -0.25) is 5.10 Å². The number of aromatic amines is 1. The van der Waals surface area contributed by atoms with Crippen LogP contribution < -0.4 is 4.90 Å². The monoisotopic (exact) mass is 367 g/mol. The van der Waals surface area contributed by atoms with Crippen LogP contribution in [0.15, 0.2) is 24.3 Å². The minimum Gasteiger partial charge on any atom is -0.313 e. The summed E-state index contributed by atoms with van der Waals surface area (Å²) in [5.41, 5.74) is 2.19. The lowest BCUT2D eigenvalue weighted by Crippen LogP contribution is -3.15. The van der Waals surface area contributed by atoms with Crippen molar-refractivity contribution < 1.29 is 13.3 Å². The van der Waals surface area contributed by atoms with Crippen molar-refractivity contribution in [2.75, 3.05) is 18.1 Å². The summed E-state index contributed by atoms with van der Waals surface area (Å²) < 4.78 is 25.8. The second-order valence-electron chi connectivity index (χ2n) is 6.42. The third-order valence-corrected chi connectivity index (χ3v) is 6.71. The number of quaternary nitrogens is 1. The molecule has 3 rings (SSSR count). The molecule has 1 aromatic carbocycles. The van der Waals surface area contributed by atoms with E-state index in [-0.39, 0.29) is 11.8 Å². The largest absolute Gasteiger partial charge is 0.313 e. The number of rotatable bonds is 5. The molecule has 2 atom stereocenters. The Hall–Kier alpha value is -1.51. The molecule has 0 bridgehead atoms. The van der Waals surface area contributed by atoms with E-state index in [9.17, 15) is 8.42 Å². The van der Waals surface area contributed by atoms with Gasteiger partial charge in [-0.2, -0.15) is 4.98 Å². The van der Waals surface area contributed by atoms with Crippen molar-refractivity contribution in [1.29, 1.82) is 0 Å². The standard InChI is InChI=1S/C16H22N4O2S2/c1-3-19(14-8-9-24(21,22)10-14)11-20-16(23)17-15(18-20)13-6-4-12(2)5-7-13/h4-7,14H,3,8-11H2,1-2H3,(H,17,18,23)/p+1/t14-/m0/s1. The molecular formula is C16H23N4O2S2+. The van der Waals surface area contributed by atoms with Gasteiger partial charge in [0.25, 0.3) is 0 Å². The number of H-pyrrole nitrogens is 1. The lowest BCUT2D eigenvalue weighted by atomic mass is 10.1. The number of nitrogens with zero attached hydrogens (tertiary/aromatic N) is 2. The maximum atomic E-state index is 11.7. The molecule has 1 fully saturated rings. The van der Waals surface area contributed by atoms with E-state index in [2.05, 4.69) is 17.0 Å². The highest BCUT2D eigenvalue weighted by Crippen LogP contribution is 2.15. The van der Waals surface area contributed by atoms with Crippen molar-refractivity contribution in [3.8, 4) is 11.4 Å². The van der Waals surface area contributed by atoms with Gasteiger partial charge in [-0.25, -0.2) is 13.1 Å². The van der Waals surface area contributed by atoms with Gasteiger partial charge in [-0.1, -0.05) is 29.8 Å². The highest BCUT2D eigenvalue weighted by Gasteiger charge is 2.34. The van der Waals surface area contributed by atoms with Crippen LogP contribution in [0.25, 0.3) is 11.4 Å². The molecule has 1 aliphatic rings. The molecular weight excluding hydrogens is 344 g/mol. The maximum Gasteiger partial charge on any atom is 0.221 e. The Labute approximate surface area is 147 Å². The lowest BCUT2D eigenvalue weighted by molar-refractivity contribution is -0.943. The topological polar surface area (TPSA) is 72.2 Å². The second-order valence-corrected chi connectivity index (χ2v) is 9.01. The number of sulfone groups is 1. The van der Waals surface area contributed by atoms with Gasteiger partial charge in [0.2, 0.25) is 4.77 Å². The number of benzene rings is 1. The molecule has 0 spiro atoms. The van der Waals surface area contributed by atoms with Gasteiger partial charge in [-0.15, -0.1) is 0 Å². The Morgan fingerprint density at radius 1 is 1.38 bits per heavy atom. The SMILES string of the molecule is CC[NH+](Cn1[nH]c(-c2ccc(C)cc2)nc1=S)[C@H]1CCS(=O)(=O)C1. The van der Waals surface area contributed by atoms with Gasteiger partial charge in [0.15, 0.2) is 22.3 Å². The predicted octanol–water partition coefficient (Wildman–Crippen LogP) is 0.966. The van der Waals surface area contributed by atoms with Gasteiger partial charge < -0.3 is 4.90 Å². The fourth-order valence-corrected chi connectivity index (χ4v) is 5.18. The van der Waals surface area contributed by atoms with E-state index in [0.717, 1.165) is 24.4 Å². The fraction of sp³-hybridized carbons (Fsp3) is 0.500. The summed E-state index contributed by atoms with van der Waals surface area (Å²) >= 11 is 5.37. The highest BCUT2D eigenvalue weighted by molar-refractivity contribution is 7.91. The minimum atomic E-state index is -2.88. The average Bonchev–Trinajstić information content (AvgIpc) is 3.08. The van der Waals surface area contributed by atoms with Crippen LogP contribution in [-0.2, 0) is 16.5 Å². The van der Waals surface area contributed by atoms with E-state index in [1.54, 1.807) is 0 Å². The quantitative estimate of drug-likeness (QED) is 0.773. The Morgan fingerprint density at radius 3 is 2.67 bits per heavy atom. The third kappa shape index (κ3) is 3.76. The summed E-state index contributed by atoms with van der Waals surface area (Å²) in [6.07, 6.45) is 0.720. The van der Waals surface area contributed by atoms with Crippen molar-refractivity contribution in [2.45, 2.75) is 33.0 Å². The molecule has 8 heteroatoms. The first kappa shape index (κ1) is 17.3. The Balaban J connectivity index is 1.80. The van der Waals surface area contributed by atoms with Crippen LogP contribution in [0.4, 0.5) is 0 Å². The van der Waals surface area contributed by atoms with E-state index in [1.165, 1.54) is 10.5 Å². The first-order valence-corrected chi connectivity index (χ1v) is 10.4.